The van der Waals surface area contributed by atoms with Gasteiger partial charge < -0.3 is 15.4 Å². The zero-order chi connectivity index (χ0) is 15.3. The number of amides is 1. The minimum atomic E-state index is 0. The lowest BCUT2D eigenvalue weighted by Crippen LogP contribution is -2.18. The Balaban J connectivity index is 0.00000176. The van der Waals surface area contributed by atoms with E-state index in [1.165, 1.54) is 0 Å². The topological polar surface area (TPSA) is 50.4 Å². The summed E-state index contributed by atoms with van der Waals surface area (Å²) in [5.74, 6) is 1.09. The summed E-state index contributed by atoms with van der Waals surface area (Å²) in [6.07, 6.45) is 0. The number of halogens is 1. The number of benzene rings is 1. The number of rotatable bonds is 2. The zero-order valence-corrected chi connectivity index (χ0v) is 14.5. The summed E-state index contributed by atoms with van der Waals surface area (Å²) in [5.41, 5.74) is 2.07. The molecule has 1 heterocycles. The van der Waals surface area contributed by atoms with Gasteiger partial charge in [-0.3, -0.25) is 4.79 Å². The molecular weight excluding hydrogens is 300 g/mol. The molecule has 1 aromatic rings. The summed E-state index contributed by atoms with van der Waals surface area (Å²) in [7, 11) is 0. The van der Waals surface area contributed by atoms with Crippen LogP contribution in [0, 0.1) is 16.7 Å². The van der Waals surface area contributed by atoms with Crippen LogP contribution in [-0.2, 0) is 11.3 Å². The average molecular weight is 325 g/mol. The highest BCUT2D eigenvalue weighted by Gasteiger charge is 2.68. The number of hydrogen-bond donors (Lipinski definition) is 2. The van der Waals surface area contributed by atoms with Crippen molar-refractivity contribution in [2.24, 2.45) is 16.7 Å². The smallest absolute Gasteiger partial charge is 0.228 e. The predicted molar refractivity (Wildman–Crippen MR) is 90.6 cm³/mol. The fourth-order valence-electron chi connectivity index (χ4n) is 3.46. The molecule has 1 amide bonds. The Bertz CT molecular complexity index is 570. The summed E-state index contributed by atoms with van der Waals surface area (Å²) in [4.78, 5) is 12.5. The second-order valence-electron chi connectivity index (χ2n) is 7.21. The van der Waals surface area contributed by atoms with Gasteiger partial charge in [-0.05, 0) is 29.0 Å². The summed E-state index contributed by atoms with van der Waals surface area (Å²) in [6, 6.07) is 5.87. The van der Waals surface area contributed by atoms with Crippen molar-refractivity contribution in [3.63, 3.8) is 0 Å². The van der Waals surface area contributed by atoms with Crippen LogP contribution in [0.2, 0.25) is 0 Å². The fraction of sp³-hybridized carbons (Fsp3) is 0.588. The van der Waals surface area contributed by atoms with Gasteiger partial charge in [0.05, 0.1) is 0 Å². The van der Waals surface area contributed by atoms with Crippen LogP contribution in [0.15, 0.2) is 18.2 Å². The van der Waals surface area contributed by atoms with Gasteiger partial charge in [-0.25, -0.2) is 0 Å². The molecule has 0 radical (unpaired) electrons. The maximum absolute atomic E-state index is 12.5. The molecule has 22 heavy (non-hydrogen) atoms. The number of nitrogens with one attached hydrogen (secondary N) is 2. The SMILES string of the molecule is CC1(C)C(C(=O)Nc2ccc3c(c2)CNCCO3)C1(C)C.Cl. The van der Waals surface area contributed by atoms with Crippen LogP contribution in [-0.4, -0.2) is 19.1 Å². The molecule has 0 bridgehead atoms. The standard InChI is InChI=1S/C17H24N2O2.ClH/c1-16(2)14(17(16,3)4)15(20)19-12-5-6-13-11(9-12)10-18-7-8-21-13;/h5-6,9,14,18H,7-8,10H2,1-4H3,(H,19,20);1H. The summed E-state index contributed by atoms with van der Waals surface area (Å²) < 4.78 is 5.66. The number of hydrogen-bond acceptors (Lipinski definition) is 3. The quantitative estimate of drug-likeness (QED) is 0.878. The highest BCUT2D eigenvalue weighted by atomic mass is 35.5. The molecule has 122 valence electrons. The Kier molecular flexibility index (Phi) is 4.46. The molecule has 1 saturated carbocycles. The maximum atomic E-state index is 12.5. The van der Waals surface area contributed by atoms with E-state index in [1.807, 2.05) is 18.2 Å². The van der Waals surface area contributed by atoms with E-state index in [0.717, 1.165) is 30.1 Å². The van der Waals surface area contributed by atoms with Crippen LogP contribution in [0.25, 0.3) is 0 Å². The normalized spacial score (nSPS) is 21.6. The van der Waals surface area contributed by atoms with Crippen LogP contribution in [0.4, 0.5) is 5.69 Å². The lowest BCUT2D eigenvalue weighted by Gasteiger charge is -2.11. The molecule has 3 rings (SSSR count). The molecule has 4 nitrogen and oxygen atoms in total. The molecule has 1 aliphatic carbocycles. The van der Waals surface area contributed by atoms with Crippen LogP contribution in [0.3, 0.4) is 0 Å². The first-order valence-corrected chi connectivity index (χ1v) is 7.61. The van der Waals surface area contributed by atoms with Gasteiger partial charge in [0.1, 0.15) is 12.4 Å². The Hall–Kier alpha value is -1.26. The molecule has 1 fully saturated rings. The van der Waals surface area contributed by atoms with Gasteiger partial charge in [0, 0.05) is 30.3 Å². The molecular formula is C17H25ClN2O2. The maximum Gasteiger partial charge on any atom is 0.228 e. The second kappa shape index (κ2) is 5.74. The lowest BCUT2D eigenvalue weighted by atomic mass is 10.0. The van der Waals surface area contributed by atoms with Gasteiger partial charge in [0.2, 0.25) is 5.91 Å². The van der Waals surface area contributed by atoms with Crippen LogP contribution >= 0.6 is 12.4 Å². The van der Waals surface area contributed by atoms with E-state index in [4.69, 9.17) is 4.74 Å². The number of fused-ring (bicyclic) bond motifs is 1. The zero-order valence-electron chi connectivity index (χ0n) is 13.7. The first kappa shape index (κ1) is 17.1. The first-order valence-electron chi connectivity index (χ1n) is 7.61. The number of carbonyl (C=O) groups excluding carboxylic acids is 1. The third-order valence-electron chi connectivity index (χ3n) is 5.46. The molecule has 2 aliphatic rings. The van der Waals surface area contributed by atoms with Gasteiger partial charge in [-0.15, -0.1) is 12.4 Å². The Morgan fingerprint density at radius 2 is 1.95 bits per heavy atom. The highest BCUT2D eigenvalue weighted by molar-refractivity contribution is 5.96. The van der Waals surface area contributed by atoms with E-state index < -0.39 is 0 Å². The molecule has 0 unspecified atom stereocenters. The van der Waals surface area contributed by atoms with Gasteiger partial charge in [-0.2, -0.15) is 0 Å². The third-order valence-corrected chi connectivity index (χ3v) is 5.46. The highest BCUT2D eigenvalue weighted by Crippen LogP contribution is 2.68. The molecule has 0 atom stereocenters. The number of ether oxygens (including phenoxy) is 1. The molecule has 1 aliphatic heterocycles. The van der Waals surface area contributed by atoms with Crippen molar-refractivity contribution in [3.8, 4) is 5.75 Å². The van der Waals surface area contributed by atoms with Crippen molar-refractivity contribution >= 4 is 24.0 Å². The van der Waals surface area contributed by atoms with Crippen molar-refractivity contribution in [1.82, 2.24) is 5.32 Å². The summed E-state index contributed by atoms with van der Waals surface area (Å²) in [5, 5.41) is 6.37. The first-order chi connectivity index (χ1) is 9.84. The van der Waals surface area contributed by atoms with Gasteiger partial charge in [-0.1, -0.05) is 27.7 Å². The molecule has 5 heteroatoms. The van der Waals surface area contributed by atoms with E-state index in [1.54, 1.807) is 0 Å². The number of anilines is 1. The number of carbonyl (C=O) groups is 1. The summed E-state index contributed by atoms with van der Waals surface area (Å²) >= 11 is 0. The minimum absolute atomic E-state index is 0. The van der Waals surface area contributed by atoms with E-state index in [9.17, 15) is 4.79 Å². The molecule has 0 spiro atoms. The van der Waals surface area contributed by atoms with Gasteiger partial charge in [0.15, 0.2) is 0 Å². The van der Waals surface area contributed by atoms with Crippen molar-refractivity contribution in [2.45, 2.75) is 34.2 Å². The Morgan fingerprint density at radius 1 is 1.27 bits per heavy atom. The van der Waals surface area contributed by atoms with Crippen LogP contribution < -0.4 is 15.4 Å². The van der Waals surface area contributed by atoms with Crippen molar-refractivity contribution in [3.05, 3.63) is 23.8 Å². The fourth-order valence-corrected chi connectivity index (χ4v) is 3.46. The van der Waals surface area contributed by atoms with E-state index >= 15 is 0 Å². The largest absolute Gasteiger partial charge is 0.492 e. The Labute approximate surface area is 138 Å². The molecule has 2 N–H and O–H groups in total. The average Bonchev–Trinajstić information content (AvgIpc) is 2.92. The Morgan fingerprint density at radius 3 is 2.59 bits per heavy atom. The monoisotopic (exact) mass is 324 g/mol. The van der Waals surface area contributed by atoms with Crippen LogP contribution in [0.5, 0.6) is 5.75 Å². The van der Waals surface area contributed by atoms with Crippen molar-refractivity contribution in [1.29, 1.82) is 0 Å². The minimum Gasteiger partial charge on any atom is -0.492 e. The predicted octanol–water partition coefficient (Wildman–Crippen LogP) is 3.21. The lowest BCUT2D eigenvalue weighted by molar-refractivity contribution is -0.118. The molecule has 0 saturated heterocycles. The van der Waals surface area contributed by atoms with Crippen LogP contribution in [0.1, 0.15) is 33.3 Å². The molecule has 0 aromatic heterocycles. The van der Waals surface area contributed by atoms with Gasteiger partial charge >= 0.3 is 0 Å². The van der Waals surface area contributed by atoms with Gasteiger partial charge in [0.25, 0.3) is 0 Å². The van der Waals surface area contributed by atoms with E-state index in [2.05, 4.69) is 38.3 Å². The summed E-state index contributed by atoms with van der Waals surface area (Å²) in [6.45, 7) is 10.9. The van der Waals surface area contributed by atoms with Crippen molar-refractivity contribution < 1.29 is 9.53 Å². The van der Waals surface area contributed by atoms with Crippen molar-refractivity contribution in [2.75, 3.05) is 18.5 Å². The van der Waals surface area contributed by atoms with E-state index in [-0.39, 0.29) is 35.1 Å². The molecule has 1 aromatic carbocycles. The second-order valence-corrected chi connectivity index (χ2v) is 7.21. The van der Waals surface area contributed by atoms with E-state index in [0.29, 0.717) is 6.61 Å². The third kappa shape index (κ3) is 2.70.